The molecule has 1 aromatic heterocycles. The quantitative estimate of drug-likeness (QED) is 0.541. The first-order valence-corrected chi connectivity index (χ1v) is 10.0. The van der Waals surface area contributed by atoms with Crippen LogP contribution in [0.2, 0.25) is 0 Å². The van der Waals surface area contributed by atoms with Crippen molar-refractivity contribution >= 4 is 17.0 Å². The maximum Gasteiger partial charge on any atom is 0.185 e. The predicted molar refractivity (Wildman–Crippen MR) is 109 cm³/mol. The lowest BCUT2D eigenvalue weighted by molar-refractivity contribution is -0.119. The monoisotopic (exact) mass is 361 g/mol. The Morgan fingerprint density at radius 3 is 2.27 bits per heavy atom. The van der Waals surface area contributed by atoms with Crippen molar-refractivity contribution in [2.75, 3.05) is 0 Å². The molecule has 2 nitrogen and oxygen atoms in total. The molecule has 0 spiro atoms. The summed E-state index contributed by atoms with van der Waals surface area (Å²) in [7, 11) is 0. The van der Waals surface area contributed by atoms with Crippen molar-refractivity contribution in [3.05, 3.63) is 94.2 Å². The van der Waals surface area contributed by atoms with Crippen LogP contribution in [0.25, 0.3) is 0 Å². The molecule has 0 unspecified atom stereocenters. The zero-order valence-electron chi connectivity index (χ0n) is 15.1. The third kappa shape index (κ3) is 3.02. The summed E-state index contributed by atoms with van der Waals surface area (Å²) in [4.78, 5) is 6.47. The van der Waals surface area contributed by atoms with Crippen molar-refractivity contribution in [2.24, 2.45) is 10.9 Å². The summed E-state index contributed by atoms with van der Waals surface area (Å²) in [6.45, 7) is 4.38. The Labute approximate surface area is 159 Å². The van der Waals surface area contributed by atoms with Gasteiger partial charge in [-0.2, -0.15) is 0 Å². The molecule has 3 aromatic rings. The van der Waals surface area contributed by atoms with Crippen LogP contribution in [0.3, 0.4) is 0 Å². The number of aliphatic imine (C=N–C) groups is 1. The maximum absolute atomic E-state index is 6.74. The third-order valence-electron chi connectivity index (χ3n) is 5.11. The lowest BCUT2D eigenvalue weighted by atomic mass is 9.87. The summed E-state index contributed by atoms with van der Waals surface area (Å²) in [6.07, 6.45) is 0.796. The number of benzene rings is 2. The number of hydrogen-bond donors (Lipinski definition) is 0. The third-order valence-corrected chi connectivity index (χ3v) is 6.04. The molecule has 0 radical (unpaired) electrons. The minimum Gasteiger partial charge on any atom is -0.340 e. The van der Waals surface area contributed by atoms with Gasteiger partial charge in [-0.3, -0.25) is 4.99 Å². The van der Waals surface area contributed by atoms with Crippen molar-refractivity contribution in [1.29, 1.82) is 0 Å². The van der Waals surface area contributed by atoms with Gasteiger partial charge in [-0.25, -0.2) is 0 Å². The minimum absolute atomic E-state index is 0.00265. The molecule has 1 aliphatic rings. The van der Waals surface area contributed by atoms with E-state index in [2.05, 4.69) is 86.0 Å². The van der Waals surface area contributed by atoms with Gasteiger partial charge in [0.25, 0.3) is 0 Å². The van der Waals surface area contributed by atoms with E-state index < -0.39 is 5.72 Å². The van der Waals surface area contributed by atoms with Gasteiger partial charge in [0.15, 0.2) is 5.72 Å². The molecule has 0 N–H and O–H groups in total. The second-order valence-electron chi connectivity index (χ2n) is 6.71. The number of nitrogens with zero attached hydrogens (tertiary/aromatic N) is 1. The lowest BCUT2D eigenvalue weighted by Gasteiger charge is -2.41. The van der Waals surface area contributed by atoms with Gasteiger partial charge in [0.05, 0.1) is 5.71 Å². The van der Waals surface area contributed by atoms with Crippen LogP contribution in [-0.2, 0) is 10.5 Å². The normalized spacial score (nSPS) is 25.7. The fourth-order valence-electron chi connectivity index (χ4n) is 3.67. The van der Waals surface area contributed by atoms with E-state index >= 15 is 0 Å². The molecule has 2 heterocycles. The summed E-state index contributed by atoms with van der Waals surface area (Å²) < 4.78 is 6.74. The van der Waals surface area contributed by atoms with Gasteiger partial charge in [0.1, 0.15) is 6.10 Å². The number of hydrogen-bond acceptors (Lipinski definition) is 3. The van der Waals surface area contributed by atoms with Crippen molar-refractivity contribution in [1.82, 2.24) is 0 Å². The fraction of sp³-hybridized carbons (Fsp3) is 0.261. The van der Waals surface area contributed by atoms with Gasteiger partial charge in [-0.1, -0.05) is 80.6 Å². The largest absolute Gasteiger partial charge is 0.340 e. The van der Waals surface area contributed by atoms with E-state index in [9.17, 15) is 0 Å². The standard InChI is InChI=1S/C23H23NOS/c1-3-23(19-13-8-5-9-14-19)24-21(18-11-6-4-7-12-18)17(2)22(25-23)20-15-10-16-26-20/h4-17,22H,3H2,1-2H3/t17-,22+,23-/m0/s1. The highest BCUT2D eigenvalue weighted by Gasteiger charge is 2.43. The topological polar surface area (TPSA) is 21.6 Å². The van der Waals surface area contributed by atoms with Crippen molar-refractivity contribution in [3.63, 3.8) is 0 Å². The molecule has 0 bridgehead atoms. The van der Waals surface area contributed by atoms with Crippen molar-refractivity contribution < 1.29 is 4.74 Å². The molecule has 4 rings (SSSR count). The number of ether oxygens (including phenoxy) is 1. The van der Waals surface area contributed by atoms with E-state index in [1.54, 1.807) is 11.3 Å². The lowest BCUT2D eigenvalue weighted by Crippen LogP contribution is -2.39. The SMILES string of the molecule is CC[C@]1(c2ccccc2)N=C(c2ccccc2)[C@H](C)[C@H](c2cccs2)O1. The molecular weight excluding hydrogens is 338 g/mol. The van der Waals surface area contributed by atoms with Gasteiger partial charge in [0, 0.05) is 16.4 Å². The molecular formula is C23H23NOS. The summed E-state index contributed by atoms with van der Waals surface area (Å²) in [5.41, 5.74) is 2.78. The van der Waals surface area contributed by atoms with Crippen LogP contribution in [0.15, 0.2) is 83.2 Å². The van der Waals surface area contributed by atoms with Crippen molar-refractivity contribution in [3.8, 4) is 0 Å². The molecule has 0 saturated carbocycles. The van der Waals surface area contributed by atoms with E-state index in [0.717, 1.165) is 17.7 Å². The Balaban J connectivity index is 1.89. The molecule has 0 fully saturated rings. The van der Waals surface area contributed by atoms with Gasteiger partial charge < -0.3 is 4.74 Å². The number of thiophene rings is 1. The zero-order valence-corrected chi connectivity index (χ0v) is 15.9. The molecule has 26 heavy (non-hydrogen) atoms. The zero-order chi connectivity index (χ0) is 18.0. The first-order valence-electron chi connectivity index (χ1n) is 9.15. The summed E-state index contributed by atoms with van der Waals surface area (Å²) in [6, 6.07) is 25.2. The average molecular weight is 362 g/mol. The van der Waals surface area contributed by atoms with Crippen LogP contribution in [0.4, 0.5) is 0 Å². The molecule has 0 aliphatic carbocycles. The average Bonchev–Trinajstić information content (AvgIpc) is 3.24. The van der Waals surface area contributed by atoms with Crippen LogP contribution in [0.1, 0.15) is 42.4 Å². The second-order valence-corrected chi connectivity index (χ2v) is 7.69. The summed E-state index contributed by atoms with van der Waals surface area (Å²) in [5, 5.41) is 2.12. The van der Waals surface area contributed by atoms with Crippen molar-refractivity contribution in [2.45, 2.75) is 32.1 Å². The molecule has 3 atom stereocenters. The predicted octanol–water partition coefficient (Wildman–Crippen LogP) is 6.21. The molecule has 3 heteroatoms. The van der Waals surface area contributed by atoms with Crippen LogP contribution in [-0.4, -0.2) is 5.71 Å². The smallest absolute Gasteiger partial charge is 0.185 e. The first kappa shape index (κ1) is 17.2. The molecule has 132 valence electrons. The Morgan fingerprint density at radius 2 is 1.65 bits per heavy atom. The first-order chi connectivity index (χ1) is 12.7. The Hall–Kier alpha value is -2.23. The van der Waals surface area contributed by atoms with Crippen LogP contribution in [0.5, 0.6) is 0 Å². The van der Waals surface area contributed by atoms with Gasteiger partial charge in [0.2, 0.25) is 0 Å². The van der Waals surface area contributed by atoms with E-state index in [1.165, 1.54) is 10.4 Å². The highest BCUT2D eigenvalue weighted by Crippen LogP contribution is 2.46. The van der Waals surface area contributed by atoms with Gasteiger partial charge in [-0.15, -0.1) is 11.3 Å². The number of rotatable bonds is 4. The molecule has 1 aliphatic heterocycles. The highest BCUT2D eigenvalue weighted by molar-refractivity contribution is 7.10. The van der Waals surface area contributed by atoms with E-state index in [1.807, 2.05) is 6.07 Å². The molecule has 0 amide bonds. The maximum atomic E-state index is 6.74. The second kappa shape index (κ2) is 7.18. The molecule has 2 aromatic carbocycles. The Morgan fingerprint density at radius 1 is 0.962 bits per heavy atom. The summed E-state index contributed by atoms with van der Waals surface area (Å²) >= 11 is 1.76. The highest BCUT2D eigenvalue weighted by atomic mass is 32.1. The summed E-state index contributed by atoms with van der Waals surface area (Å²) in [5.74, 6) is 0.194. The van der Waals surface area contributed by atoms with Crippen LogP contribution < -0.4 is 0 Å². The molecule has 0 saturated heterocycles. The van der Waals surface area contributed by atoms with Crippen LogP contribution in [0, 0.1) is 5.92 Å². The Bertz CT molecular complexity index is 873. The van der Waals surface area contributed by atoms with Gasteiger partial charge >= 0.3 is 0 Å². The minimum atomic E-state index is -0.645. The van der Waals surface area contributed by atoms with E-state index in [-0.39, 0.29) is 12.0 Å². The Kier molecular flexibility index (Phi) is 4.75. The van der Waals surface area contributed by atoms with E-state index in [4.69, 9.17) is 9.73 Å². The van der Waals surface area contributed by atoms with Gasteiger partial charge in [-0.05, 0) is 23.4 Å². The fourth-order valence-corrected chi connectivity index (χ4v) is 4.53. The van der Waals surface area contributed by atoms with E-state index in [0.29, 0.717) is 0 Å². The van der Waals surface area contributed by atoms with Crippen LogP contribution >= 0.6 is 11.3 Å².